The lowest BCUT2D eigenvalue weighted by atomic mass is 10.2. The molecule has 0 radical (unpaired) electrons. The average molecular weight is 344 g/mol. The summed E-state index contributed by atoms with van der Waals surface area (Å²) in [4.78, 5) is 12.4. The molecular formula is C19H16N6O. The lowest BCUT2D eigenvalue weighted by molar-refractivity contribution is 0.102. The Morgan fingerprint density at radius 3 is 2.46 bits per heavy atom. The molecule has 128 valence electrons. The highest BCUT2D eigenvalue weighted by Crippen LogP contribution is 2.19. The Morgan fingerprint density at radius 2 is 1.77 bits per heavy atom. The second-order valence-electron chi connectivity index (χ2n) is 5.78. The molecule has 2 aromatic carbocycles. The maximum absolute atomic E-state index is 12.4. The Bertz CT molecular complexity index is 1030. The van der Waals surface area contributed by atoms with E-state index in [0.717, 1.165) is 17.1 Å². The van der Waals surface area contributed by atoms with Crippen LogP contribution in [0.4, 0.5) is 5.69 Å². The highest BCUT2D eigenvalue weighted by atomic mass is 16.1. The van der Waals surface area contributed by atoms with Crippen LogP contribution in [0.5, 0.6) is 0 Å². The maximum atomic E-state index is 12.4. The van der Waals surface area contributed by atoms with Crippen LogP contribution in [0.1, 0.15) is 10.5 Å². The fraction of sp³-hybridized carbons (Fsp3) is 0.0526. The molecule has 0 aliphatic heterocycles. The highest BCUT2D eigenvalue weighted by molar-refractivity contribution is 6.02. The molecule has 7 nitrogen and oxygen atoms in total. The van der Waals surface area contributed by atoms with Gasteiger partial charge in [0.2, 0.25) is 0 Å². The zero-order valence-electron chi connectivity index (χ0n) is 14.1. The number of nitrogens with one attached hydrogen (secondary N) is 1. The minimum absolute atomic E-state index is 0.258. The third-order valence-corrected chi connectivity index (χ3v) is 3.95. The number of aryl methyl sites for hydroxylation is 1. The molecule has 1 amide bonds. The molecule has 0 saturated heterocycles. The standard InChI is InChI=1S/C19H16N6O/c1-24-13-20-22-18(24)14-7-9-15(10-8-14)21-19(26)17-11-12-25(23-17)16-5-3-2-4-6-16/h2-13H,1H3,(H,21,26). The number of amides is 1. The van der Waals surface area contributed by atoms with Crippen LogP contribution in [-0.4, -0.2) is 30.5 Å². The van der Waals surface area contributed by atoms with Crippen LogP contribution in [0.15, 0.2) is 73.2 Å². The smallest absolute Gasteiger partial charge is 0.276 e. The number of anilines is 1. The lowest BCUT2D eigenvalue weighted by Gasteiger charge is -2.05. The summed E-state index contributed by atoms with van der Waals surface area (Å²) < 4.78 is 3.51. The second-order valence-corrected chi connectivity index (χ2v) is 5.78. The summed E-state index contributed by atoms with van der Waals surface area (Å²) in [7, 11) is 1.88. The van der Waals surface area contributed by atoms with Gasteiger partial charge in [0, 0.05) is 24.5 Å². The third kappa shape index (κ3) is 3.10. The zero-order chi connectivity index (χ0) is 17.9. The minimum Gasteiger partial charge on any atom is -0.321 e. The van der Waals surface area contributed by atoms with Crippen LogP contribution in [0, 0.1) is 0 Å². The van der Waals surface area contributed by atoms with E-state index in [9.17, 15) is 4.79 Å². The van der Waals surface area contributed by atoms with Crippen molar-refractivity contribution in [2.75, 3.05) is 5.32 Å². The highest BCUT2D eigenvalue weighted by Gasteiger charge is 2.11. The van der Waals surface area contributed by atoms with Gasteiger partial charge in [-0.3, -0.25) is 4.79 Å². The molecule has 2 heterocycles. The second kappa shape index (κ2) is 6.64. The van der Waals surface area contributed by atoms with Crippen LogP contribution < -0.4 is 5.32 Å². The third-order valence-electron chi connectivity index (χ3n) is 3.95. The van der Waals surface area contributed by atoms with Gasteiger partial charge in [0.25, 0.3) is 5.91 Å². The molecule has 4 aromatic rings. The minimum atomic E-state index is -0.258. The molecule has 0 bridgehead atoms. The predicted octanol–water partition coefficient (Wildman–Crippen LogP) is 2.92. The van der Waals surface area contributed by atoms with Crippen molar-refractivity contribution in [1.82, 2.24) is 24.5 Å². The first-order chi connectivity index (χ1) is 12.7. The van der Waals surface area contributed by atoms with Crippen LogP contribution in [0.2, 0.25) is 0 Å². The van der Waals surface area contributed by atoms with E-state index >= 15 is 0 Å². The Labute approximate surface area is 149 Å². The summed E-state index contributed by atoms with van der Waals surface area (Å²) in [5, 5.41) is 15.1. The molecule has 4 rings (SSSR count). The fourth-order valence-corrected chi connectivity index (χ4v) is 2.61. The summed E-state index contributed by atoms with van der Waals surface area (Å²) in [6.07, 6.45) is 3.41. The first-order valence-corrected chi connectivity index (χ1v) is 8.07. The number of benzene rings is 2. The summed E-state index contributed by atoms with van der Waals surface area (Å²) in [5.74, 6) is 0.510. The van der Waals surface area contributed by atoms with E-state index in [-0.39, 0.29) is 5.91 Å². The van der Waals surface area contributed by atoms with Gasteiger partial charge in [0.1, 0.15) is 6.33 Å². The van der Waals surface area contributed by atoms with Gasteiger partial charge >= 0.3 is 0 Å². The molecule has 0 atom stereocenters. The van der Waals surface area contributed by atoms with Crippen molar-refractivity contribution in [3.8, 4) is 17.1 Å². The predicted molar refractivity (Wildman–Crippen MR) is 98.0 cm³/mol. The van der Waals surface area contributed by atoms with E-state index in [2.05, 4.69) is 20.6 Å². The first kappa shape index (κ1) is 15.8. The Balaban J connectivity index is 1.48. The van der Waals surface area contributed by atoms with Crippen molar-refractivity contribution in [1.29, 1.82) is 0 Å². The van der Waals surface area contributed by atoms with E-state index in [1.165, 1.54) is 0 Å². The van der Waals surface area contributed by atoms with Gasteiger partial charge in [-0.25, -0.2) is 4.68 Å². The van der Waals surface area contributed by atoms with Crippen LogP contribution in [0.3, 0.4) is 0 Å². The van der Waals surface area contributed by atoms with Gasteiger partial charge in [-0.15, -0.1) is 10.2 Å². The number of rotatable bonds is 4. The molecule has 1 N–H and O–H groups in total. The van der Waals surface area contributed by atoms with Crippen LogP contribution in [0.25, 0.3) is 17.1 Å². The van der Waals surface area contributed by atoms with Crippen molar-refractivity contribution >= 4 is 11.6 Å². The van der Waals surface area contributed by atoms with Gasteiger partial charge in [-0.1, -0.05) is 18.2 Å². The van der Waals surface area contributed by atoms with Gasteiger partial charge in [0.15, 0.2) is 11.5 Å². The molecule has 0 unspecified atom stereocenters. The lowest BCUT2D eigenvalue weighted by Crippen LogP contribution is -2.13. The van der Waals surface area contributed by atoms with Gasteiger partial charge < -0.3 is 9.88 Å². The molecular weight excluding hydrogens is 328 g/mol. The number of hydrogen-bond donors (Lipinski definition) is 1. The Kier molecular flexibility index (Phi) is 4.03. The molecule has 0 aliphatic carbocycles. The Hall–Kier alpha value is -3.74. The number of carbonyl (C=O) groups excluding carboxylic acids is 1. The molecule has 0 spiro atoms. The average Bonchev–Trinajstić information content (AvgIpc) is 3.32. The molecule has 2 aromatic heterocycles. The van der Waals surface area contributed by atoms with Gasteiger partial charge in [-0.05, 0) is 42.5 Å². The molecule has 26 heavy (non-hydrogen) atoms. The number of carbonyl (C=O) groups is 1. The van der Waals surface area contributed by atoms with Gasteiger partial charge in [0.05, 0.1) is 5.69 Å². The van der Waals surface area contributed by atoms with Gasteiger partial charge in [-0.2, -0.15) is 5.10 Å². The zero-order valence-corrected chi connectivity index (χ0v) is 14.1. The van der Waals surface area contributed by atoms with Crippen molar-refractivity contribution in [2.24, 2.45) is 7.05 Å². The maximum Gasteiger partial charge on any atom is 0.276 e. The molecule has 0 saturated carbocycles. The topological polar surface area (TPSA) is 77.6 Å². The summed E-state index contributed by atoms with van der Waals surface area (Å²) in [5.41, 5.74) is 2.87. The van der Waals surface area contributed by atoms with E-state index in [0.29, 0.717) is 11.4 Å². The molecule has 0 aliphatic rings. The normalized spacial score (nSPS) is 10.7. The van der Waals surface area contributed by atoms with Crippen molar-refractivity contribution in [2.45, 2.75) is 0 Å². The first-order valence-electron chi connectivity index (χ1n) is 8.07. The fourth-order valence-electron chi connectivity index (χ4n) is 2.61. The number of nitrogens with zero attached hydrogens (tertiary/aromatic N) is 5. The van der Waals surface area contributed by atoms with Crippen LogP contribution >= 0.6 is 0 Å². The van der Waals surface area contributed by atoms with E-state index in [1.807, 2.05) is 66.2 Å². The molecule has 7 heteroatoms. The summed E-state index contributed by atoms with van der Waals surface area (Å²) in [6.45, 7) is 0. The largest absolute Gasteiger partial charge is 0.321 e. The SMILES string of the molecule is Cn1cnnc1-c1ccc(NC(=O)c2ccn(-c3ccccc3)n2)cc1. The van der Waals surface area contributed by atoms with Crippen LogP contribution in [-0.2, 0) is 7.05 Å². The number of hydrogen-bond acceptors (Lipinski definition) is 4. The van der Waals surface area contributed by atoms with E-state index < -0.39 is 0 Å². The van der Waals surface area contributed by atoms with Crippen molar-refractivity contribution in [3.05, 3.63) is 78.9 Å². The number of aromatic nitrogens is 5. The molecule has 0 fully saturated rings. The van der Waals surface area contributed by atoms with Crippen molar-refractivity contribution < 1.29 is 4.79 Å². The quantitative estimate of drug-likeness (QED) is 0.617. The monoisotopic (exact) mass is 344 g/mol. The summed E-state index contributed by atoms with van der Waals surface area (Å²) >= 11 is 0. The van der Waals surface area contributed by atoms with E-state index in [4.69, 9.17) is 0 Å². The number of para-hydroxylation sites is 1. The van der Waals surface area contributed by atoms with Crippen molar-refractivity contribution in [3.63, 3.8) is 0 Å². The Morgan fingerprint density at radius 1 is 1.00 bits per heavy atom. The summed E-state index contributed by atoms with van der Waals surface area (Å²) in [6, 6.07) is 18.8. The van der Waals surface area contributed by atoms with E-state index in [1.54, 1.807) is 23.3 Å².